The summed E-state index contributed by atoms with van der Waals surface area (Å²) in [5, 5.41) is 0. The maximum absolute atomic E-state index is 12.4. The molecule has 0 aromatic carbocycles. The molecule has 0 saturated carbocycles. The lowest BCUT2D eigenvalue weighted by Gasteiger charge is -2.29. The van der Waals surface area contributed by atoms with E-state index in [0.29, 0.717) is 31.9 Å². The molecule has 1 aromatic rings. The molecule has 2 saturated heterocycles. The molecule has 2 fully saturated rings. The summed E-state index contributed by atoms with van der Waals surface area (Å²) in [4.78, 5) is 35.6. The molecule has 0 N–H and O–H groups in total. The molecule has 7 heteroatoms. The molecule has 112 valence electrons. The summed E-state index contributed by atoms with van der Waals surface area (Å²) in [6.45, 7) is 2.49. The predicted molar refractivity (Wildman–Crippen MR) is 73.4 cm³/mol. The molecule has 21 heavy (non-hydrogen) atoms. The van der Waals surface area contributed by atoms with Crippen molar-refractivity contribution in [3.8, 4) is 0 Å². The summed E-state index contributed by atoms with van der Waals surface area (Å²) in [5.74, 6) is -0.122. The lowest BCUT2D eigenvalue weighted by molar-refractivity contribution is -0.132. The number of nitrogens with zero attached hydrogens (tertiary/aromatic N) is 4. The largest absolute Gasteiger partial charge is 0.371 e. The van der Waals surface area contributed by atoms with Crippen LogP contribution in [0.15, 0.2) is 18.6 Å². The number of ether oxygens (including phenoxy) is 1. The highest BCUT2D eigenvalue weighted by Crippen LogP contribution is 2.33. The molecule has 1 spiro atoms. The third-order valence-corrected chi connectivity index (χ3v) is 4.14. The minimum Gasteiger partial charge on any atom is -0.371 e. The van der Waals surface area contributed by atoms with E-state index in [1.54, 1.807) is 23.0 Å². The summed E-state index contributed by atoms with van der Waals surface area (Å²) >= 11 is 0. The van der Waals surface area contributed by atoms with Crippen molar-refractivity contribution in [3.05, 3.63) is 24.3 Å². The highest BCUT2D eigenvalue weighted by molar-refractivity contribution is 5.92. The number of carbonyl (C=O) groups is 2. The number of aromatic nitrogens is 2. The average molecular weight is 290 g/mol. The molecule has 0 aliphatic carbocycles. The van der Waals surface area contributed by atoms with Crippen molar-refractivity contribution in [1.82, 2.24) is 19.8 Å². The van der Waals surface area contributed by atoms with Crippen LogP contribution in [-0.2, 0) is 9.53 Å². The van der Waals surface area contributed by atoms with Crippen molar-refractivity contribution in [2.45, 2.75) is 6.42 Å². The zero-order chi connectivity index (χ0) is 14.9. The van der Waals surface area contributed by atoms with Gasteiger partial charge in [-0.3, -0.25) is 14.6 Å². The van der Waals surface area contributed by atoms with E-state index >= 15 is 0 Å². The summed E-state index contributed by atoms with van der Waals surface area (Å²) in [6, 6.07) is 0. The molecule has 0 radical (unpaired) electrons. The van der Waals surface area contributed by atoms with Gasteiger partial charge in [-0.25, -0.2) is 4.98 Å². The molecular formula is C14H18N4O3. The Kier molecular flexibility index (Phi) is 3.59. The Bertz CT molecular complexity index is 550. The lowest BCUT2D eigenvalue weighted by Crippen LogP contribution is -2.41. The van der Waals surface area contributed by atoms with Gasteiger partial charge < -0.3 is 14.5 Å². The van der Waals surface area contributed by atoms with Gasteiger partial charge in [-0.1, -0.05) is 0 Å². The first-order chi connectivity index (χ1) is 10.1. The number of likely N-dealkylation sites (tertiary alicyclic amines) is 1. The second-order valence-electron chi connectivity index (χ2n) is 5.81. The highest BCUT2D eigenvalue weighted by atomic mass is 16.5. The molecule has 3 heterocycles. The summed E-state index contributed by atoms with van der Waals surface area (Å²) in [5.41, 5.74) is 0.187. The number of carbonyl (C=O) groups excluding carboxylic acids is 2. The van der Waals surface area contributed by atoms with Gasteiger partial charge in [-0.2, -0.15) is 0 Å². The number of rotatable bonds is 1. The van der Waals surface area contributed by atoms with Gasteiger partial charge in [0.15, 0.2) is 0 Å². The van der Waals surface area contributed by atoms with Crippen molar-refractivity contribution in [2.75, 3.05) is 39.9 Å². The molecule has 7 nitrogen and oxygen atoms in total. The first kappa shape index (κ1) is 13.9. The quantitative estimate of drug-likeness (QED) is 0.716. The van der Waals surface area contributed by atoms with Crippen molar-refractivity contribution < 1.29 is 14.3 Å². The second-order valence-corrected chi connectivity index (χ2v) is 5.81. The maximum Gasteiger partial charge on any atom is 0.274 e. The molecule has 1 unspecified atom stereocenters. The maximum atomic E-state index is 12.4. The van der Waals surface area contributed by atoms with E-state index in [1.165, 1.54) is 12.4 Å². The smallest absolute Gasteiger partial charge is 0.274 e. The zero-order valence-electron chi connectivity index (χ0n) is 12.0. The SMILES string of the molecule is CN1CC2(CCN(C(=O)c3cnccn3)C2)COCC1=O. The third kappa shape index (κ3) is 2.73. The van der Waals surface area contributed by atoms with E-state index in [-0.39, 0.29) is 23.8 Å². The summed E-state index contributed by atoms with van der Waals surface area (Å²) in [6.07, 6.45) is 5.37. The predicted octanol–water partition coefficient (Wildman–Crippen LogP) is -0.202. The van der Waals surface area contributed by atoms with E-state index in [9.17, 15) is 9.59 Å². The van der Waals surface area contributed by atoms with E-state index in [4.69, 9.17) is 4.74 Å². The third-order valence-electron chi connectivity index (χ3n) is 4.14. The molecular weight excluding hydrogens is 272 g/mol. The van der Waals surface area contributed by atoms with Gasteiger partial charge in [0.05, 0.1) is 12.8 Å². The van der Waals surface area contributed by atoms with Gasteiger partial charge in [-0.05, 0) is 6.42 Å². The van der Waals surface area contributed by atoms with Crippen molar-refractivity contribution in [2.24, 2.45) is 5.41 Å². The fourth-order valence-electron chi connectivity index (χ4n) is 3.03. The monoisotopic (exact) mass is 290 g/mol. The molecule has 3 rings (SSSR count). The van der Waals surface area contributed by atoms with Gasteiger partial charge in [0, 0.05) is 44.5 Å². The van der Waals surface area contributed by atoms with Crippen LogP contribution in [0.5, 0.6) is 0 Å². The van der Waals surface area contributed by atoms with Crippen molar-refractivity contribution in [3.63, 3.8) is 0 Å². The normalized spacial score (nSPS) is 26.2. The van der Waals surface area contributed by atoms with Crippen molar-refractivity contribution in [1.29, 1.82) is 0 Å². The average Bonchev–Trinajstić information content (AvgIpc) is 2.85. The molecule has 0 bridgehead atoms. The summed E-state index contributed by atoms with van der Waals surface area (Å²) in [7, 11) is 1.78. The van der Waals surface area contributed by atoms with Crippen LogP contribution in [0, 0.1) is 5.41 Å². The van der Waals surface area contributed by atoms with Crippen molar-refractivity contribution >= 4 is 11.8 Å². The van der Waals surface area contributed by atoms with Crippen LogP contribution in [0.1, 0.15) is 16.9 Å². The number of hydrogen-bond donors (Lipinski definition) is 0. The lowest BCUT2D eigenvalue weighted by atomic mass is 9.88. The second kappa shape index (κ2) is 5.40. The minimum absolute atomic E-state index is 0.00872. The summed E-state index contributed by atoms with van der Waals surface area (Å²) < 4.78 is 5.49. The number of hydrogen-bond acceptors (Lipinski definition) is 5. The topological polar surface area (TPSA) is 75.6 Å². The molecule has 2 amide bonds. The van der Waals surface area contributed by atoms with Gasteiger partial charge in [0.25, 0.3) is 5.91 Å². The van der Waals surface area contributed by atoms with Crippen LogP contribution < -0.4 is 0 Å². The Morgan fingerprint density at radius 2 is 2.24 bits per heavy atom. The van der Waals surface area contributed by atoms with Crippen LogP contribution in [0.25, 0.3) is 0 Å². The molecule has 1 atom stereocenters. The fourth-order valence-corrected chi connectivity index (χ4v) is 3.03. The van der Waals surface area contributed by atoms with E-state index in [0.717, 1.165) is 6.42 Å². The van der Waals surface area contributed by atoms with Gasteiger partial charge in [0.2, 0.25) is 5.91 Å². The number of likely N-dealkylation sites (N-methyl/N-ethyl adjacent to an activating group) is 1. The van der Waals surface area contributed by atoms with E-state index in [1.807, 2.05) is 0 Å². The van der Waals surface area contributed by atoms with Crippen LogP contribution >= 0.6 is 0 Å². The molecule has 2 aliphatic rings. The Balaban J connectivity index is 1.73. The Morgan fingerprint density at radius 3 is 3.00 bits per heavy atom. The Morgan fingerprint density at radius 1 is 1.38 bits per heavy atom. The van der Waals surface area contributed by atoms with Gasteiger partial charge in [0.1, 0.15) is 12.3 Å². The van der Waals surface area contributed by atoms with Gasteiger partial charge in [-0.15, -0.1) is 0 Å². The molecule has 2 aliphatic heterocycles. The van der Waals surface area contributed by atoms with Gasteiger partial charge >= 0.3 is 0 Å². The van der Waals surface area contributed by atoms with E-state index in [2.05, 4.69) is 9.97 Å². The first-order valence-electron chi connectivity index (χ1n) is 6.97. The number of amides is 2. The van der Waals surface area contributed by atoms with E-state index < -0.39 is 0 Å². The molecule has 1 aromatic heterocycles. The minimum atomic E-state index is -0.168. The van der Waals surface area contributed by atoms with Crippen LogP contribution in [0.2, 0.25) is 0 Å². The van der Waals surface area contributed by atoms with Crippen LogP contribution in [0.4, 0.5) is 0 Å². The zero-order valence-corrected chi connectivity index (χ0v) is 12.0. The van der Waals surface area contributed by atoms with Crippen LogP contribution in [-0.4, -0.2) is 71.5 Å². The fraction of sp³-hybridized carbons (Fsp3) is 0.571. The standard InChI is InChI=1S/C14H18N4O3/c1-17-8-14(10-21-7-12(17)19)2-5-18(9-14)13(20)11-6-15-3-4-16-11/h3-4,6H,2,5,7-10H2,1H3. The first-order valence-corrected chi connectivity index (χ1v) is 6.97. The highest BCUT2D eigenvalue weighted by Gasteiger charge is 2.43. The Hall–Kier alpha value is -2.02. The van der Waals surface area contributed by atoms with Crippen LogP contribution in [0.3, 0.4) is 0 Å². The Labute approximate surface area is 122 Å².